The standard InChI is InChI=1S/C15H16Cl2O2/c1-4-5-8-15(10(2)3,14(18)19)11-6-7-12(16)13(17)9-11/h6-7,9-10H,8H2,1-3H3,(H,18,19). The topological polar surface area (TPSA) is 37.3 Å². The molecule has 0 saturated heterocycles. The lowest BCUT2D eigenvalue weighted by Crippen LogP contribution is -2.40. The van der Waals surface area contributed by atoms with Crippen LogP contribution in [0.1, 0.15) is 32.8 Å². The Morgan fingerprint density at radius 1 is 1.37 bits per heavy atom. The number of carboxylic acid groups (broad SMARTS) is 1. The summed E-state index contributed by atoms with van der Waals surface area (Å²) < 4.78 is 0. The van der Waals surface area contributed by atoms with E-state index in [1.54, 1.807) is 25.1 Å². The zero-order chi connectivity index (χ0) is 14.6. The molecule has 0 spiro atoms. The van der Waals surface area contributed by atoms with Crippen molar-refractivity contribution in [3.63, 3.8) is 0 Å². The highest BCUT2D eigenvalue weighted by atomic mass is 35.5. The van der Waals surface area contributed by atoms with E-state index in [4.69, 9.17) is 23.2 Å². The Kier molecular flexibility index (Phi) is 5.29. The van der Waals surface area contributed by atoms with Crippen LogP contribution in [0.5, 0.6) is 0 Å². The van der Waals surface area contributed by atoms with Gasteiger partial charge in [-0.25, -0.2) is 0 Å². The van der Waals surface area contributed by atoms with Gasteiger partial charge >= 0.3 is 5.97 Å². The van der Waals surface area contributed by atoms with Crippen molar-refractivity contribution in [2.75, 3.05) is 0 Å². The van der Waals surface area contributed by atoms with E-state index >= 15 is 0 Å². The van der Waals surface area contributed by atoms with Crippen LogP contribution in [0.25, 0.3) is 0 Å². The summed E-state index contributed by atoms with van der Waals surface area (Å²) in [6.45, 7) is 5.43. The monoisotopic (exact) mass is 298 g/mol. The quantitative estimate of drug-likeness (QED) is 0.837. The summed E-state index contributed by atoms with van der Waals surface area (Å²) >= 11 is 11.9. The molecular weight excluding hydrogens is 283 g/mol. The number of carboxylic acids is 1. The summed E-state index contributed by atoms with van der Waals surface area (Å²) in [4.78, 5) is 11.8. The Morgan fingerprint density at radius 3 is 2.42 bits per heavy atom. The van der Waals surface area contributed by atoms with E-state index in [2.05, 4.69) is 11.8 Å². The van der Waals surface area contributed by atoms with Crippen LogP contribution < -0.4 is 0 Å². The lowest BCUT2D eigenvalue weighted by molar-refractivity contribution is -0.145. The first kappa shape index (κ1) is 15.9. The van der Waals surface area contributed by atoms with E-state index in [1.807, 2.05) is 13.8 Å². The van der Waals surface area contributed by atoms with Crippen molar-refractivity contribution in [1.29, 1.82) is 0 Å². The van der Waals surface area contributed by atoms with E-state index in [1.165, 1.54) is 0 Å². The highest BCUT2D eigenvalue weighted by Gasteiger charge is 2.43. The smallest absolute Gasteiger partial charge is 0.315 e. The molecule has 0 radical (unpaired) electrons. The number of rotatable bonds is 4. The number of carbonyl (C=O) groups is 1. The van der Waals surface area contributed by atoms with Crippen molar-refractivity contribution in [2.24, 2.45) is 5.92 Å². The molecule has 0 saturated carbocycles. The maximum Gasteiger partial charge on any atom is 0.315 e. The van der Waals surface area contributed by atoms with Gasteiger partial charge in [0.15, 0.2) is 0 Å². The molecule has 19 heavy (non-hydrogen) atoms. The molecule has 0 heterocycles. The number of aliphatic carboxylic acids is 1. The molecule has 0 aliphatic heterocycles. The Balaban J connectivity index is 3.46. The van der Waals surface area contributed by atoms with Crippen LogP contribution in [0.15, 0.2) is 18.2 Å². The Labute approximate surface area is 123 Å². The van der Waals surface area contributed by atoms with Crippen molar-refractivity contribution >= 4 is 29.2 Å². The average molecular weight is 299 g/mol. The Hall–Kier alpha value is -1.17. The minimum atomic E-state index is -1.07. The minimum absolute atomic E-state index is 0.122. The first-order valence-corrected chi connectivity index (χ1v) is 6.70. The van der Waals surface area contributed by atoms with Gasteiger partial charge in [0.05, 0.1) is 10.0 Å². The normalized spacial score (nSPS) is 13.6. The van der Waals surface area contributed by atoms with Gasteiger partial charge in [-0.05, 0) is 30.5 Å². The molecule has 1 N–H and O–H groups in total. The third-order valence-electron chi connectivity index (χ3n) is 3.35. The van der Waals surface area contributed by atoms with E-state index in [0.717, 1.165) is 0 Å². The van der Waals surface area contributed by atoms with Gasteiger partial charge in [0.1, 0.15) is 5.41 Å². The molecule has 0 aromatic heterocycles. The largest absolute Gasteiger partial charge is 0.481 e. The van der Waals surface area contributed by atoms with Gasteiger partial charge in [0, 0.05) is 6.42 Å². The molecule has 0 aliphatic rings. The van der Waals surface area contributed by atoms with Gasteiger partial charge < -0.3 is 5.11 Å². The van der Waals surface area contributed by atoms with Crippen molar-refractivity contribution in [1.82, 2.24) is 0 Å². The molecule has 1 atom stereocenters. The van der Waals surface area contributed by atoms with Crippen molar-refractivity contribution < 1.29 is 9.90 Å². The molecule has 0 aliphatic carbocycles. The summed E-state index contributed by atoms with van der Waals surface area (Å²) in [5.74, 6) is 4.61. The summed E-state index contributed by atoms with van der Waals surface area (Å²) in [7, 11) is 0. The average Bonchev–Trinajstić information content (AvgIpc) is 2.33. The number of hydrogen-bond acceptors (Lipinski definition) is 1. The predicted octanol–water partition coefficient (Wildman–Crippen LogP) is 4.39. The van der Waals surface area contributed by atoms with Gasteiger partial charge in [-0.2, -0.15) is 0 Å². The fourth-order valence-electron chi connectivity index (χ4n) is 2.09. The number of hydrogen-bond donors (Lipinski definition) is 1. The van der Waals surface area contributed by atoms with E-state index in [0.29, 0.717) is 15.6 Å². The molecule has 0 fully saturated rings. The van der Waals surface area contributed by atoms with Crippen LogP contribution >= 0.6 is 23.2 Å². The predicted molar refractivity (Wildman–Crippen MR) is 78.7 cm³/mol. The van der Waals surface area contributed by atoms with Crippen LogP contribution in [0.3, 0.4) is 0 Å². The summed E-state index contributed by atoms with van der Waals surface area (Å²) in [6.07, 6.45) is 0.245. The zero-order valence-electron chi connectivity index (χ0n) is 11.1. The van der Waals surface area contributed by atoms with Crippen LogP contribution in [0.2, 0.25) is 10.0 Å². The van der Waals surface area contributed by atoms with Crippen LogP contribution in [0.4, 0.5) is 0 Å². The highest BCUT2D eigenvalue weighted by Crippen LogP contribution is 2.38. The van der Waals surface area contributed by atoms with Crippen LogP contribution in [0, 0.1) is 17.8 Å². The first-order chi connectivity index (χ1) is 8.86. The van der Waals surface area contributed by atoms with Gasteiger partial charge in [0.25, 0.3) is 0 Å². The number of benzene rings is 1. The molecule has 1 aromatic carbocycles. The molecular formula is C15H16Cl2O2. The minimum Gasteiger partial charge on any atom is -0.481 e. The molecule has 0 bridgehead atoms. The second-order valence-corrected chi connectivity index (χ2v) is 5.48. The lowest BCUT2D eigenvalue weighted by Gasteiger charge is -2.32. The van der Waals surface area contributed by atoms with Crippen molar-refractivity contribution in [3.05, 3.63) is 33.8 Å². The van der Waals surface area contributed by atoms with Crippen LogP contribution in [-0.4, -0.2) is 11.1 Å². The van der Waals surface area contributed by atoms with Gasteiger partial charge in [-0.15, -0.1) is 11.8 Å². The fraction of sp³-hybridized carbons (Fsp3) is 0.400. The molecule has 0 amide bonds. The third-order valence-corrected chi connectivity index (χ3v) is 4.08. The van der Waals surface area contributed by atoms with Crippen molar-refractivity contribution in [2.45, 2.75) is 32.6 Å². The number of halogens is 2. The van der Waals surface area contributed by atoms with Crippen molar-refractivity contribution in [3.8, 4) is 11.8 Å². The van der Waals surface area contributed by atoms with Gasteiger partial charge in [-0.3, -0.25) is 4.79 Å². The van der Waals surface area contributed by atoms with Crippen LogP contribution in [-0.2, 0) is 10.2 Å². The first-order valence-electron chi connectivity index (χ1n) is 5.94. The van der Waals surface area contributed by atoms with E-state index < -0.39 is 11.4 Å². The Morgan fingerprint density at radius 2 is 2.00 bits per heavy atom. The molecule has 102 valence electrons. The summed E-state index contributed by atoms with van der Waals surface area (Å²) in [6, 6.07) is 4.95. The maximum atomic E-state index is 11.8. The molecule has 1 unspecified atom stereocenters. The van der Waals surface area contributed by atoms with E-state index in [-0.39, 0.29) is 12.3 Å². The SMILES string of the molecule is CC#CCC(C(=O)O)(c1ccc(Cl)c(Cl)c1)C(C)C. The highest BCUT2D eigenvalue weighted by molar-refractivity contribution is 6.42. The second-order valence-electron chi connectivity index (χ2n) is 4.66. The molecule has 4 heteroatoms. The van der Waals surface area contributed by atoms with Gasteiger partial charge in [0.2, 0.25) is 0 Å². The lowest BCUT2D eigenvalue weighted by atomic mass is 9.69. The fourth-order valence-corrected chi connectivity index (χ4v) is 2.39. The van der Waals surface area contributed by atoms with E-state index in [9.17, 15) is 9.90 Å². The second kappa shape index (κ2) is 6.32. The van der Waals surface area contributed by atoms with Gasteiger partial charge in [-0.1, -0.05) is 43.1 Å². The zero-order valence-corrected chi connectivity index (χ0v) is 12.6. The third kappa shape index (κ3) is 3.05. The molecule has 1 rings (SSSR count). The summed E-state index contributed by atoms with van der Waals surface area (Å²) in [5.41, 5.74) is -0.441. The molecule has 2 nitrogen and oxygen atoms in total. The maximum absolute atomic E-state index is 11.8. The Bertz CT molecular complexity index is 541. The molecule has 1 aromatic rings. The summed E-state index contributed by atoms with van der Waals surface area (Å²) in [5, 5.41) is 10.5.